The number of pyridine rings is 1. The number of anilines is 1. The fourth-order valence-electron chi connectivity index (χ4n) is 2.74. The van der Waals surface area contributed by atoms with E-state index in [1.807, 2.05) is 41.3 Å². The molecule has 3 rings (SSSR count). The number of benzene rings is 1. The van der Waals surface area contributed by atoms with Crippen molar-refractivity contribution in [1.29, 1.82) is 0 Å². The van der Waals surface area contributed by atoms with Crippen molar-refractivity contribution in [3.63, 3.8) is 0 Å². The predicted molar refractivity (Wildman–Crippen MR) is 95.1 cm³/mol. The third-order valence-corrected chi connectivity index (χ3v) is 4.11. The van der Waals surface area contributed by atoms with Gasteiger partial charge in [0.25, 0.3) is 0 Å². The van der Waals surface area contributed by atoms with Gasteiger partial charge in [0, 0.05) is 56.4 Å². The van der Waals surface area contributed by atoms with E-state index >= 15 is 0 Å². The quantitative estimate of drug-likeness (QED) is 0.811. The van der Waals surface area contributed by atoms with Gasteiger partial charge in [-0.3, -0.25) is 9.78 Å². The summed E-state index contributed by atoms with van der Waals surface area (Å²) in [6.45, 7) is 3.07. The molecule has 0 aliphatic carbocycles. The first-order chi connectivity index (χ1) is 11.8. The molecule has 0 spiro atoms. The molecule has 0 unspecified atom stereocenters. The molecule has 5 nitrogen and oxygen atoms in total. The normalized spacial score (nSPS) is 14.9. The summed E-state index contributed by atoms with van der Waals surface area (Å²) in [5, 5.41) is 0. The van der Waals surface area contributed by atoms with Crippen molar-refractivity contribution in [2.45, 2.75) is 0 Å². The lowest BCUT2D eigenvalue weighted by Crippen LogP contribution is -2.48. The van der Waals surface area contributed by atoms with Crippen LogP contribution in [0.2, 0.25) is 0 Å². The number of carbonyl (C=O) groups excluding carboxylic acids is 1. The maximum absolute atomic E-state index is 12.3. The Kier molecular flexibility index (Phi) is 5.11. The molecule has 0 saturated carbocycles. The highest BCUT2D eigenvalue weighted by atomic mass is 16.5. The molecule has 0 N–H and O–H groups in total. The first-order valence-electron chi connectivity index (χ1n) is 8.02. The molecule has 1 amide bonds. The van der Waals surface area contributed by atoms with E-state index in [0.29, 0.717) is 13.1 Å². The molecule has 5 heteroatoms. The molecule has 0 atom stereocenters. The predicted octanol–water partition coefficient (Wildman–Crippen LogP) is 2.45. The summed E-state index contributed by atoms with van der Waals surface area (Å²) >= 11 is 0. The van der Waals surface area contributed by atoms with Gasteiger partial charge in [-0.05, 0) is 29.8 Å². The Morgan fingerprint density at radius 1 is 1.17 bits per heavy atom. The van der Waals surface area contributed by atoms with Crippen molar-refractivity contribution in [3.05, 3.63) is 60.4 Å². The van der Waals surface area contributed by atoms with E-state index < -0.39 is 0 Å². The van der Waals surface area contributed by atoms with Crippen molar-refractivity contribution >= 4 is 17.7 Å². The molecule has 2 aromatic rings. The lowest BCUT2D eigenvalue weighted by Gasteiger charge is -2.35. The Morgan fingerprint density at radius 3 is 2.71 bits per heavy atom. The summed E-state index contributed by atoms with van der Waals surface area (Å²) in [5.41, 5.74) is 2.06. The Hall–Kier alpha value is -2.82. The molecular formula is C19H21N3O2. The topological polar surface area (TPSA) is 45.7 Å². The highest BCUT2D eigenvalue weighted by molar-refractivity contribution is 5.91. The van der Waals surface area contributed by atoms with Crippen molar-refractivity contribution in [3.8, 4) is 5.75 Å². The Morgan fingerprint density at radius 2 is 2.00 bits per heavy atom. The van der Waals surface area contributed by atoms with Crippen LogP contribution in [0.5, 0.6) is 5.75 Å². The summed E-state index contributed by atoms with van der Waals surface area (Å²) < 4.78 is 5.27. The number of nitrogens with zero attached hydrogens (tertiary/aromatic N) is 3. The van der Waals surface area contributed by atoms with Crippen LogP contribution in [0.3, 0.4) is 0 Å². The standard InChI is InChI=1S/C19H21N3O2/c1-24-18-6-2-5-17(14-18)21-10-12-22(13-11-21)19(23)8-7-16-4-3-9-20-15-16/h2-9,14-15H,10-13H2,1H3/b8-7+. The highest BCUT2D eigenvalue weighted by Crippen LogP contribution is 2.22. The molecule has 124 valence electrons. The number of rotatable bonds is 4. The summed E-state index contributed by atoms with van der Waals surface area (Å²) in [6, 6.07) is 11.8. The second-order valence-corrected chi connectivity index (χ2v) is 5.63. The lowest BCUT2D eigenvalue weighted by atomic mass is 10.2. The molecule has 1 saturated heterocycles. The van der Waals surface area contributed by atoms with Gasteiger partial charge in [0.05, 0.1) is 7.11 Å². The van der Waals surface area contributed by atoms with Gasteiger partial charge >= 0.3 is 0 Å². The molecule has 24 heavy (non-hydrogen) atoms. The second-order valence-electron chi connectivity index (χ2n) is 5.63. The largest absolute Gasteiger partial charge is 0.497 e. The monoisotopic (exact) mass is 323 g/mol. The minimum Gasteiger partial charge on any atom is -0.497 e. The fraction of sp³-hybridized carbons (Fsp3) is 0.263. The molecule has 0 radical (unpaired) electrons. The van der Waals surface area contributed by atoms with Crippen LogP contribution in [0.4, 0.5) is 5.69 Å². The number of hydrogen-bond donors (Lipinski definition) is 0. The summed E-state index contributed by atoms with van der Waals surface area (Å²) in [4.78, 5) is 20.5. The SMILES string of the molecule is COc1cccc(N2CCN(C(=O)/C=C/c3cccnc3)CC2)c1. The molecule has 1 aromatic carbocycles. The lowest BCUT2D eigenvalue weighted by molar-refractivity contribution is -0.126. The van der Waals surface area contributed by atoms with Gasteiger partial charge in [-0.2, -0.15) is 0 Å². The Balaban J connectivity index is 1.56. The third-order valence-electron chi connectivity index (χ3n) is 4.11. The van der Waals surface area contributed by atoms with E-state index in [9.17, 15) is 4.79 Å². The van der Waals surface area contributed by atoms with Gasteiger partial charge in [-0.25, -0.2) is 0 Å². The van der Waals surface area contributed by atoms with Gasteiger partial charge in [-0.1, -0.05) is 12.1 Å². The van der Waals surface area contributed by atoms with Crippen LogP contribution < -0.4 is 9.64 Å². The average Bonchev–Trinajstić information content (AvgIpc) is 2.67. The van der Waals surface area contributed by atoms with Crippen LogP contribution in [-0.4, -0.2) is 49.1 Å². The summed E-state index contributed by atoms with van der Waals surface area (Å²) in [6.07, 6.45) is 6.89. The van der Waals surface area contributed by atoms with E-state index in [4.69, 9.17) is 4.74 Å². The fourth-order valence-corrected chi connectivity index (χ4v) is 2.74. The van der Waals surface area contributed by atoms with Crippen LogP contribution in [0.25, 0.3) is 6.08 Å². The Bertz CT molecular complexity index is 708. The van der Waals surface area contributed by atoms with E-state index in [1.54, 1.807) is 25.6 Å². The summed E-state index contributed by atoms with van der Waals surface area (Å²) in [5.74, 6) is 0.898. The molecule has 1 aromatic heterocycles. The maximum atomic E-state index is 12.3. The van der Waals surface area contributed by atoms with Crippen LogP contribution in [-0.2, 0) is 4.79 Å². The van der Waals surface area contributed by atoms with Crippen LogP contribution in [0.15, 0.2) is 54.9 Å². The molecule has 0 bridgehead atoms. The minimum absolute atomic E-state index is 0.0455. The van der Waals surface area contributed by atoms with Crippen molar-refractivity contribution in [2.75, 3.05) is 38.2 Å². The van der Waals surface area contributed by atoms with Crippen LogP contribution in [0.1, 0.15) is 5.56 Å². The molecule has 1 aliphatic heterocycles. The highest BCUT2D eigenvalue weighted by Gasteiger charge is 2.20. The third kappa shape index (κ3) is 3.93. The van der Waals surface area contributed by atoms with Gasteiger partial charge in [0.2, 0.25) is 5.91 Å². The number of piperazine rings is 1. The first-order valence-corrected chi connectivity index (χ1v) is 8.02. The Labute approximate surface area is 142 Å². The van der Waals surface area contributed by atoms with Crippen molar-refractivity contribution in [2.24, 2.45) is 0 Å². The number of carbonyl (C=O) groups is 1. The van der Waals surface area contributed by atoms with Crippen molar-refractivity contribution in [1.82, 2.24) is 9.88 Å². The van der Waals surface area contributed by atoms with Gasteiger partial charge in [0.15, 0.2) is 0 Å². The molecule has 1 aliphatic rings. The van der Waals surface area contributed by atoms with E-state index in [-0.39, 0.29) is 5.91 Å². The minimum atomic E-state index is 0.0455. The van der Waals surface area contributed by atoms with Gasteiger partial charge < -0.3 is 14.5 Å². The van der Waals surface area contributed by atoms with Crippen LogP contribution in [0, 0.1) is 0 Å². The maximum Gasteiger partial charge on any atom is 0.246 e. The number of aromatic nitrogens is 1. The van der Waals surface area contributed by atoms with Crippen LogP contribution >= 0.6 is 0 Å². The number of ether oxygens (including phenoxy) is 1. The summed E-state index contributed by atoms with van der Waals surface area (Å²) in [7, 11) is 1.67. The molecule has 1 fully saturated rings. The zero-order valence-corrected chi connectivity index (χ0v) is 13.8. The second kappa shape index (κ2) is 7.64. The van der Waals surface area contributed by atoms with E-state index in [0.717, 1.165) is 30.1 Å². The zero-order chi connectivity index (χ0) is 16.8. The average molecular weight is 323 g/mol. The first kappa shape index (κ1) is 16.1. The molecule has 2 heterocycles. The van der Waals surface area contributed by atoms with E-state index in [2.05, 4.69) is 16.0 Å². The smallest absolute Gasteiger partial charge is 0.246 e. The van der Waals surface area contributed by atoms with E-state index in [1.165, 1.54) is 0 Å². The number of methoxy groups -OCH3 is 1. The van der Waals surface area contributed by atoms with Crippen molar-refractivity contribution < 1.29 is 9.53 Å². The number of amides is 1. The zero-order valence-electron chi connectivity index (χ0n) is 13.8. The van der Waals surface area contributed by atoms with Gasteiger partial charge in [-0.15, -0.1) is 0 Å². The number of hydrogen-bond acceptors (Lipinski definition) is 4. The van der Waals surface area contributed by atoms with Gasteiger partial charge in [0.1, 0.15) is 5.75 Å². The molecular weight excluding hydrogens is 302 g/mol.